The van der Waals surface area contributed by atoms with Gasteiger partial charge in [-0.25, -0.2) is 4.98 Å². The third kappa shape index (κ3) is 3.44. The van der Waals surface area contributed by atoms with Crippen LogP contribution in [0, 0.1) is 5.41 Å². The summed E-state index contributed by atoms with van der Waals surface area (Å²) in [5, 5.41) is 11.8. The maximum atomic E-state index is 12.8. The molecule has 0 bridgehead atoms. The molecule has 1 saturated heterocycles. The van der Waals surface area contributed by atoms with Crippen LogP contribution in [0.5, 0.6) is 0 Å². The number of nitrogens with zero attached hydrogens (tertiary/aromatic N) is 1. The van der Waals surface area contributed by atoms with E-state index in [4.69, 9.17) is 0 Å². The maximum Gasteiger partial charge on any atom is 0.243 e. The molecular weight excluding hydrogens is 406 g/mol. The van der Waals surface area contributed by atoms with Gasteiger partial charge in [-0.05, 0) is 68.5 Å². The van der Waals surface area contributed by atoms with E-state index in [1.165, 1.54) is 0 Å². The lowest BCUT2D eigenvalue weighted by Gasteiger charge is -2.32. The van der Waals surface area contributed by atoms with Crippen molar-refractivity contribution in [2.24, 2.45) is 5.41 Å². The van der Waals surface area contributed by atoms with E-state index in [1.807, 2.05) is 37.3 Å². The molecule has 1 fully saturated rings. The molecule has 4 N–H and O–H groups in total. The van der Waals surface area contributed by atoms with E-state index in [0.717, 1.165) is 36.1 Å². The van der Waals surface area contributed by atoms with Crippen molar-refractivity contribution in [3.05, 3.63) is 53.2 Å². The monoisotopic (exact) mass is 433 g/mol. The van der Waals surface area contributed by atoms with Crippen molar-refractivity contribution in [3.63, 3.8) is 0 Å². The number of hydrogen-bond acceptors (Lipinski definition) is 5. The Kier molecular flexibility index (Phi) is 4.97. The summed E-state index contributed by atoms with van der Waals surface area (Å²) in [7, 11) is 0. The molecule has 8 heteroatoms. The van der Waals surface area contributed by atoms with Gasteiger partial charge < -0.3 is 21.3 Å². The summed E-state index contributed by atoms with van der Waals surface area (Å²) in [4.78, 5) is 42.1. The van der Waals surface area contributed by atoms with Crippen molar-refractivity contribution < 1.29 is 14.4 Å². The standard InChI is InChI=1S/C24H27N5O3/c1-23(7-3-8-25-14-23)21(31)27-13-19(30)28-17-6-5-15-11-24(12-16(15)10-17)18-4-2-9-26-20(18)29-22(24)32/h2,4-6,9-10,25H,3,7-8,11-14H2,1H3,(H,27,31)(H,28,30)(H,26,29,32). The number of aromatic nitrogens is 1. The predicted octanol–water partition coefficient (Wildman–Crippen LogP) is 1.51. The highest BCUT2D eigenvalue weighted by molar-refractivity contribution is 6.06. The zero-order valence-corrected chi connectivity index (χ0v) is 18.1. The SMILES string of the molecule is CC1(C(=O)NCC(=O)Nc2ccc3c(c2)CC2(C3)C(=O)Nc3ncccc32)CCCNC1. The molecule has 2 atom stereocenters. The molecule has 2 unspecified atom stereocenters. The van der Waals surface area contributed by atoms with Crippen LogP contribution < -0.4 is 21.3 Å². The van der Waals surface area contributed by atoms with Gasteiger partial charge in [0.2, 0.25) is 17.7 Å². The third-order valence-corrected chi connectivity index (χ3v) is 7.02. The van der Waals surface area contributed by atoms with Gasteiger partial charge in [-0.2, -0.15) is 0 Å². The Balaban J connectivity index is 1.24. The first kappa shape index (κ1) is 20.6. The molecule has 2 aliphatic heterocycles. The Labute approximate surface area is 186 Å². The van der Waals surface area contributed by atoms with Crippen LogP contribution in [0.25, 0.3) is 0 Å². The molecule has 3 amide bonds. The quantitative estimate of drug-likeness (QED) is 0.584. The third-order valence-electron chi connectivity index (χ3n) is 7.02. The zero-order chi connectivity index (χ0) is 22.3. The number of nitrogens with one attached hydrogen (secondary N) is 4. The van der Waals surface area contributed by atoms with Crippen LogP contribution in [-0.2, 0) is 32.6 Å². The molecule has 5 rings (SSSR count). The van der Waals surface area contributed by atoms with Crippen LogP contribution in [0.2, 0.25) is 0 Å². The molecule has 1 spiro atoms. The van der Waals surface area contributed by atoms with E-state index in [9.17, 15) is 14.4 Å². The molecular formula is C24H27N5O3. The molecule has 1 aliphatic carbocycles. The predicted molar refractivity (Wildman–Crippen MR) is 120 cm³/mol. The summed E-state index contributed by atoms with van der Waals surface area (Å²) >= 11 is 0. The second-order valence-corrected chi connectivity index (χ2v) is 9.34. The minimum atomic E-state index is -0.633. The largest absolute Gasteiger partial charge is 0.347 e. The summed E-state index contributed by atoms with van der Waals surface area (Å²) in [6.45, 7) is 3.40. The fraction of sp³-hybridized carbons (Fsp3) is 0.417. The number of hydrogen-bond donors (Lipinski definition) is 4. The fourth-order valence-electron chi connectivity index (χ4n) is 5.17. The number of anilines is 2. The second-order valence-electron chi connectivity index (χ2n) is 9.34. The van der Waals surface area contributed by atoms with E-state index < -0.39 is 10.8 Å². The summed E-state index contributed by atoms with van der Waals surface area (Å²) < 4.78 is 0. The lowest BCUT2D eigenvalue weighted by atomic mass is 9.79. The van der Waals surface area contributed by atoms with E-state index >= 15 is 0 Å². The van der Waals surface area contributed by atoms with Crippen molar-refractivity contribution >= 4 is 29.2 Å². The molecule has 0 radical (unpaired) electrons. The Morgan fingerprint density at radius 2 is 2.03 bits per heavy atom. The number of carbonyl (C=O) groups is 3. The molecule has 3 heterocycles. The Hall–Kier alpha value is -3.26. The Morgan fingerprint density at radius 1 is 1.19 bits per heavy atom. The molecule has 2 aromatic rings. The van der Waals surface area contributed by atoms with Crippen molar-refractivity contribution in [3.8, 4) is 0 Å². The lowest BCUT2D eigenvalue weighted by molar-refractivity contribution is -0.132. The topological polar surface area (TPSA) is 112 Å². The van der Waals surface area contributed by atoms with Gasteiger partial charge in [0.1, 0.15) is 5.82 Å². The fourth-order valence-corrected chi connectivity index (χ4v) is 5.17. The minimum absolute atomic E-state index is 0.0265. The van der Waals surface area contributed by atoms with Gasteiger partial charge >= 0.3 is 0 Å². The highest BCUT2D eigenvalue weighted by Crippen LogP contribution is 2.46. The highest BCUT2D eigenvalue weighted by Gasteiger charge is 2.51. The average Bonchev–Trinajstić information content (AvgIpc) is 3.30. The number of fused-ring (bicyclic) bond motifs is 3. The number of amides is 3. The minimum Gasteiger partial charge on any atom is -0.347 e. The van der Waals surface area contributed by atoms with Crippen molar-refractivity contribution in [2.45, 2.75) is 38.0 Å². The second kappa shape index (κ2) is 7.70. The smallest absolute Gasteiger partial charge is 0.243 e. The lowest BCUT2D eigenvalue weighted by Crippen LogP contribution is -2.50. The van der Waals surface area contributed by atoms with E-state index in [-0.39, 0.29) is 24.3 Å². The van der Waals surface area contributed by atoms with Gasteiger partial charge in [0.25, 0.3) is 0 Å². The van der Waals surface area contributed by atoms with Crippen molar-refractivity contribution in [1.29, 1.82) is 0 Å². The maximum absolute atomic E-state index is 12.8. The first-order valence-electron chi connectivity index (χ1n) is 11.1. The number of rotatable bonds is 4. The van der Waals surface area contributed by atoms with Crippen LogP contribution in [-0.4, -0.2) is 42.3 Å². The summed E-state index contributed by atoms with van der Waals surface area (Å²) in [6.07, 6.45) is 4.62. The van der Waals surface area contributed by atoms with Crippen LogP contribution >= 0.6 is 0 Å². The van der Waals surface area contributed by atoms with Gasteiger partial charge in [-0.15, -0.1) is 0 Å². The van der Waals surface area contributed by atoms with Gasteiger partial charge in [0, 0.05) is 24.0 Å². The zero-order valence-electron chi connectivity index (χ0n) is 18.1. The average molecular weight is 434 g/mol. The molecule has 1 aromatic carbocycles. The first-order chi connectivity index (χ1) is 15.4. The number of benzene rings is 1. The highest BCUT2D eigenvalue weighted by atomic mass is 16.2. The number of carbonyl (C=O) groups excluding carboxylic acids is 3. The first-order valence-corrected chi connectivity index (χ1v) is 11.1. The normalized spacial score (nSPS) is 25.7. The Bertz CT molecular complexity index is 1110. The van der Waals surface area contributed by atoms with Gasteiger partial charge in [0.15, 0.2) is 0 Å². The van der Waals surface area contributed by atoms with Crippen molar-refractivity contribution in [1.82, 2.24) is 15.6 Å². The molecule has 0 saturated carbocycles. The summed E-state index contributed by atoms with van der Waals surface area (Å²) in [5.74, 6) is 0.236. The van der Waals surface area contributed by atoms with Crippen LogP contribution in [0.3, 0.4) is 0 Å². The molecule has 1 aromatic heterocycles. The number of pyridine rings is 1. The Morgan fingerprint density at radius 3 is 2.84 bits per heavy atom. The van der Waals surface area contributed by atoms with Crippen LogP contribution in [0.15, 0.2) is 36.5 Å². The van der Waals surface area contributed by atoms with E-state index in [0.29, 0.717) is 30.9 Å². The molecule has 32 heavy (non-hydrogen) atoms. The van der Waals surface area contributed by atoms with E-state index in [2.05, 4.69) is 26.3 Å². The van der Waals surface area contributed by atoms with Gasteiger partial charge in [-0.3, -0.25) is 14.4 Å². The van der Waals surface area contributed by atoms with E-state index in [1.54, 1.807) is 6.20 Å². The van der Waals surface area contributed by atoms with Gasteiger partial charge in [-0.1, -0.05) is 12.1 Å². The van der Waals surface area contributed by atoms with Crippen molar-refractivity contribution in [2.75, 3.05) is 30.3 Å². The molecule has 8 nitrogen and oxygen atoms in total. The van der Waals surface area contributed by atoms with Crippen LogP contribution in [0.4, 0.5) is 11.5 Å². The number of piperidine rings is 1. The van der Waals surface area contributed by atoms with Gasteiger partial charge in [0.05, 0.1) is 17.4 Å². The summed E-state index contributed by atoms with van der Waals surface area (Å²) in [5.41, 5.74) is 2.62. The molecule has 3 aliphatic rings. The molecule has 166 valence electrons. The summed E-state index contributed by atoms with van der Waals surface area (Å²) in [6, 6.07) is 9.56. The van der Waals surface area contributed by atoms with Crippen LogP contribution in [0.1, 0.15) is 36.5 Å².